The first-order chi connectivity index (χ1) is 17.3. The van der Waals surface area contributed by atoms with Gasteiger partial charge in [0.05, 0.1) is 5.69 Å². The van der Waals surface area contributed by atoms with E-state index in [1.807, 2.05) is 25.3 Å². The monoisotopic (exact) mass is 455 g/mol. The van der Waals surface area contributed by atoms with E-state index < -0.39 is 0 Å². The van der Waals surface area contributed by atoms with Crippen LogP contribution in [-0.4, -0.2) is 20.3 Å². The van der Waals surface area contributed by atoms with Crippen LogP contribution in [0.25, 0.3) is 54.6 Å². The van der Waals surface area contributed by atoms with Crippen LogP contribution in [0.4, 0.5) is 11.4 Å². The molecule has 0 spiro atoms. The van der Waals surface area contributed by atoms with Gasteiger partial charge in [-0.15, -0.1) is 0 Å². The number of nitrogens with one attached hydrogen (secondary N) is 2. The lowest BCUT2D eigenvalue weighted by Gasteiger charge is -2.19. The fraction of sp³-hybridized carbons (Fsp3) is 0.0645. The Morgan fingerprint density at radius 2 is 1.51 bits per heavy atom. The van der Waals surface area contributed by atoms with E-state index in [1.54, 1.807) is 6.20 Å². The minimum absolute atomic E-state index is 0.596. The zero-order valence-corrected chi connectivity index (χ0v) is 19.5. The van der Waals surface area contributed by atoms with E-state index in [4.69, 9.17) is 4.42 Å². The maximum Gasteiger partial charge on any atom is 0.159 e. The van der Waals surface area contributed by atoms with E-state index in [0.29, 0.717) is 6.54 Å². The van der Waals surface area contributed by atoms with Gasteiger partial charge in [-0.3, -0.25) is 4.99 Å². The summed E-state index contributed by atoms with van der Waals surface area (Å²) in [4.78, 5) is 3.85. The van der Waals surface area contributed by atoms with Crippen LogP contribution in [0.2, 0.25) is 0 Å². The third kappa shape index (κ3) is 3.34. The lowest BCUT2D eigenvalue weighted by atomic mass is 9.90. The molecule has 35 heavy (non-hydrogen) atoms. The molecule has 0 amide bonds. The fourth-order valence-corrected chi connectivity index (χ4v) is 5.14. The summed E-state index contributed by atoms with van der Waals surface area (Å²) < 4.78 is 6.53. The van der Waals surface area contributed by atoms with Crippen LogP contribution in [-0.2, 0) is 0 Å². The maximum atomic E-state index is 6.53. The van der Waals surface area contributed by atoms with Crippen LogP contribution in [0, 0.1) is 0 Å². The Bertz CT molecular complexity index is 1760. The van der Waals surface area contributed by atoms with Crippen LogP contribution in [0.1, 0.15) is 0 Å². The smallest absolute Gasteiger partial charge is 0.159 e. The van der Waals surface area contributed by atoms with Gasteiger partial charge in [-0.05, 0) is 35.0 Å². The zero-order valence-electron chi connectivity index (χ0n) is 19.5. The number of anilines is 2. The van der Waals surface area contributed by atoms with Crippen molar-refractivity contribution in [2.45, 2.75) is 0 Å². The molecule has 5 aromatic carbocycles. The van der Waals surface area contributed by atoms with Gasteiger partial charge < -0.3 is 15.1 Å². The molecule has 6 rings (SSSR count). The summed E-state index contributed by atoms with van der Waals surface area (Å²) in [5.41, 5.74) is 6.03. The molecule has 0 aliphatic rings. The number of aliphatic imine (C=N–C) groups is 1. The second-order valence-corrected chi connectivity index (χ2v) is 8.51. The Balaban J connectivity index is 1.78. The average Bonchev–Trinajstić information content (AvgIpc) is 3.30. The van der Waals surface area contributed by atoms with Gasteiger partial charge in [0, 0.05) is 52.8 Å². The minimum atomic E-state index is 0.596. The molecule has 2 N–H and O–H groups in total. The molecular formula is C31H25N3O. The van der Waals surface area contributed by atoms with Crippen molar-refractivity contribution >= 4 is 61.6 Å². The quantitative estimate of drug-likeness (QED) is 0.249. The number of fused-ring (bicyclic) bond motifs is 6. The second kappa shape index (κ2) is 8.65. The molecule has 4 nitrogen and oxygen atoms in total. The first-order valence-electron chi connectivity index (χ1n) is 11.7. The summed E-state index contributed by atoms with van der Waals surface area (Å²) in [6.45, 7) is 4.15. The molecule has 0 saturated carbocycles. The molecule has 0 radical (unpaired) electrons. The number of hydrogen-bond donors (Lipinski definition) is 2. The summed E-state index contributed by atoms with van der Waals surface area (Å²) in [5.74, 6) is 0. The zero-order chi connectivity index (χ0) is 23.8. The molecule has 170 valence electrons. The van der Waals surface area contributed by atoms with E-state index in [-0.39, 0.29) is 0 Å². The molecule has 1 heterocycles. The lowest BCUT2D eigenvalue weighted by Crippen LogP contribution is -2.03. The summed E-state index contributed by atoms with van der Waals surface area (Å²) in [6.07, 6.45) is 3.67. The van der Waals surface area contributed by atoms with Gasteiger partial charge in [-0.2, -0.15) is 0 Å². The lowest BCUT2D eigenvalue weighted by molar-refractivity contribution is 0.670. The third-order valence-corrected chi connectivity index (χ3v) is 6.59. The SMILES string of the molecule is C=N/C=C\CNc1c(-c2ccc3ccccc3c2NC)c2ccccc2c2c1oc1ccccc12. The highest BCUT2D eigenvalue weighted by Gasteiger charge is 2.22. The molecule has 0 unspecified atom stereocenters. The summed E-state index contributed by atoms with van der Waals surface area (Å²) in [5, 5.41) is 14.1. The van der Waals surface area contributed by atoms with Crippen molar-refractivity contribution in [3.05, 3.63) is 97.2 Å². The van der Waals surface area contributed by atoms with Crippen LogP contribution in [0.15, 0.2) is 107 Å². The van der Waals surface area contributed by atoms with Crippen LogP contribution in [0.5, 0.6) is 0 Å². The average molecular weight is 456 g/mol. The Morgan fingerprint density at radius 1 is 0.800 bits per heavy atom. The Hall–Kier alpha value is -4.57. The number of benzene rings is 5. The molecule has 0 saturated heterocycles. The third-order valence-electron chi connectivity index (χ3n) is 6.59. The van der Waals surface area contributed by atoms with E-state index in [0.717, 1.165) is 44.4 Å². The summed E-state index contributed by atoms with van der Waals surface area (Å²) in [7, 11) is 1.98. The van der Waals surface area contributed by atoms with Crippen molar-refractivity contribution < 1.29 is 4.42 Å². The van der Waals surface area contributed by atoms with Gasteiger partial charge in [-0.25, -0.2) is 0 Å². The van der Waals surface area contributed by atoms with E-state index in [2.05, 4.69) is 95.1 Å². The highest BCUT2D eigenvalue weighted by Crippen LogP contribution is 2.48. The second-order valence-electron chi connectivity index (χ2n) is 8.51. The van der Waals surface area contributed by atoms with Crippen molar-refractivity contribution in [3.63, 3.8) is 0 Å². The molecule has 6 aromatic rings. The van der Waals surface area contributed by atoms with Gasteiger partial charge in [0.25, 0.3) is 0 Å². The van der Waals surface area contributed by atoms with E-state index >= 15 is 0 Å². The topological polar surface area (TPSA) is 49.6 Å². The molecule has 0 aliphatic carbocycles. The van der Waals surface area contributed by atoms with Gasteiger partial charge in [0.1, 0.15) is 5.58 Å². The van der Waals surface area contributed by atoms with Gasteiger partial charge in [0.15, 0.2) is 5.58 Å². The predicted octanol–water partition coefficient (Wildman–Crippen LogP) is 8.23. The van der Waals surface area contributed by atoms with Crippen molar-refractivity contribution in [2.75, 3.05) is 24.2 Å². The highest BCUT2D eigenvalue weighted by molar-refractivity contribution is 6.27. The molecular weight excluding hydrogens is 430 g/mol. The highest BCUT2D eigenvalue weighted by atomic mass is 16.3. The van der Waals surface area contributed by atoms with Gasteiger partial charge in [0.2, 0.25) is 0 Å². The van der Waals surface area contributed by atoms with E-state index in [1.165, 1.54) is 21.5 Å². The van der Waals surface area contributed by atoms with Crippen molar-refractivity contribution in [2.24, 2.45) is 4.99 Å². The normalized spacial score (nSPS) is 11.7. The predicted molar refractivity (Wildman–Crippen MR) is 151 cm³/mol. The van der Waals surface area contributed by atoms with Gasteiger partial charge in [-0.1, -0.05) is 78.9 Å². The first-order valence-corrected chi connectivity index (χ1v) is 11.7. The number of nitrogens with zero attached hydrogens (tertiary/aromatic N) is 1. The van der Waals surface area contributed by atoms with Crippen LogP contribution >= 0.6 is 0 Å². The van der Waals surface area contributed by atoms with Crippen molar-refractivity contribution in [3.8, 4) is 11.1 Å². The largest absolute Gasteiger partial charge is 0.454 e. The molecule has 0 fully saturated rings. The van der Waals surface area contributed by atoms with Gasteiger partial charge >= 0.3 is 0 Å². The summed E-state index contributed by atoms with van der Waals surface area (Å²) >= 11 is 0. The number of para-hydroxylation sites is 1. The molecule has 0 atom stereocenters. The first kappa shape index (κ1) is 21.0. The number of furan rings is 1. The minimum Gasteiger partial charge on any atom is -0.454 e. The molecule has 1 aromatic heterocycles. The summed E-state index contributed by atoms with van der Waals surface area (Å²) in [6, 6.07) is 29.7. The molecule has 0 aliphatic heterocycles. The van der Waals surface area contributed by atoms with Crippen LogP contribution in [0.3, 0.4) is 0 Å². The fourth-order valence-electron chi connectivity index (χ4n) is 5.14. The van der Waals surface area contributed by atoms with Crippen molar-refractivity contribution in [1.82, 2.24) is 0 Å². The Morgan fingerprint density at radius 3 is 2.31 bits per heavy atom. The molecule has 0 bridgehead atoms. The molecule has 4 heteroatoms. The number of hydrogen-bond acceptors (Lipinski definition) is 4. The Kier molecular flexibility index (Phi) is 5.19. The van der Waals surface area contributed by atoms with E-state index in [9.17, 15) is 0 Å². The Labute approximate surface area is 203 Å². The standard InChI is InChI=1S/C31H25N3O/c1-32-18-9-19-34-30-27(25-17-16-20-10-3-4-11-21(20)29(25)33-2)22-12-5-6-13-23(22)28-24-14-7-8-15-26(24)35-31(28)30/h3-18,33-34H,1,19H2,2H3/b18-9-. The van der Waals surface area contributed by atoms with Crippen LogP contribution < -0.4 is 10.6 Å². The maximum absolute atomic E-state index is 6.53. The van der Waals surface area contributed by atoms with Crippen molar-refractivity contribution in [1.29, 1.82) is 0 Å². The number of rotatable bonds is 6.